The van der Waals surface area contributed by atoms with Gasteiger partial charge in [-0.1, -0.05) is 11.6 Å². The highest BCUT2D eigenvalue weighted by molar-refractivity contribution is 6.30. The molecule has 4 heteroatoms. The number of rotatable bonds is 1. The van der Waals surface area contributed by atoms with Crippen molar-refractivity contribution in [3.05, 3.63) is 16.4 Å². The van der Waals surface area contributed by atoms with Gasteiger partial charge < -0.3 is 5.73 Å². The van der Waals surface area contributed by atoms with E-state index in [0.717, 1.165) is 11.3 Å². The maximum atomic E-state index is 5.86. The van der Waals surface area contributed by atoms with Crippen molar-refractivity contribution in [2.75, 3.05) is 5.73 Å². The van der Waals surface area contributed by atoms with Crippen molar-refractivity contribution in [2.24, 2.45) is 0 Å². The van der Waals surface area contributed by atoms with E-state index in [0.29, 0.717) is 11.1 Å². The SMILES string of the molecule is Cc1c(Cl)nc(N)nc1C1CC1. The molecule has 0 bridgehead atoms. The second-order valence-electron chi connectivity index (χ2n) is 3.16. The first-order valence-corrected chi connectivity index (χ1v) is 4.36. The summed E-state index contributed by atoms with van der Waals surface area (Å²) in [5, 5.41) is 0.490. The molecule has 0 aromatic carbocycles. The number of anilines is 1. The van der Waals surface area contributed by atoms with Gasteiger partial charge in [-0.15, -0.1) is 0 Å². The van der Waals surface area contributed by atoms with Crippen LogP contribution < -0.4 is 5.73 Å². The summed E-state index contributed by atoms with van der Waals surface area (Å²) in [5.74, 6) is 0.861. The number of nitrogen functional groups attached to an aromatic ring is 1. The van der Waals surface area contributed by atoms with E-state index in [4.69, 9.17) is 17.3 Å². The molecule has 0 atom stereocenters. The van der Waals surface area contributed by atoms with Crippen LogP contribution in [-0.4, -0.2) is 9.97 Å². The van der Waals surface area contributed by atoms with Crippen molar-refractivity contribution in [2.45, 2.75) is 25.7 Å². The van der Waals surface area contributed by atoms with Gasteiger partial charge in [0.15, 0.2) is 0 Å². The smallest absolute Gasteiger partial charge is 0.221 e. The minimum Gasteiger partial charge on any atom is -0.368 e. The molecule has 64 valence electrons. The van der Waals surface area contributed by atoms with E-state index in [1.54, 1.807) is 0 Å². The van der Waals surface area contributed by atoms with Crippen LogP contribution in [0.4, 0.5) is 5.95 Å². The lowest BCUT2D eigenvalue weighted by Gasteiger charge is -2.04. The van der Waals surface area contributed by atoms with Gasteiger partial charge in [0.05, 0.1) is 5.69 Å². The van der Waals surface area contributed by atoms with Crippen LogP contribution in [-0.2, 0) is 0 Å². The van der Waals surface area contributed by atoms with Crippen LogP contribution in [0, 0.1) is 6.92 Å². The number of nitrogens with zero attached hydrogens (tertiary/aromatic N) is 2. The summed E-state index contributed by atoms with van der Waals surface area (Å²) < 4.78 is 0. The van der Waals surface area contributed by atoms with Crippen molar-refractivity contribution in [1.29, 1.82) is 0 Å². The first-order chi connectivity index (χ1) is 5.68. The second kappa shape index (κ2) is 2.59. The number of halogens is 1. The van der Waals surface area contributed by atoms with Crippen molar-refractivity contribution < 1.29 is 0 Å². The van der Waals surface area contributed by atoms with E-state index >= 15 is 0 Å². The number of hydrogen-bond donors (Lipinski definition) is 1. The Morgan fingerprint density at radius 3 is 2.67 bits per heavy atom. The lowest BCUT2D eigenvalue weighted by atomic mass is 10.2. The zero-order valence-corrected chi connectivity index (χ0v) is 7.60. The Labute approximate surface area is 76.0 Å². The summed E-state index contributed by atoms with van der Waals surface area (Å²) >= 11 is 5.86. The zero-order valence-electron chi connectivity index (χ0n) is 6.84. The normalized spacial score (nSPS) is 16.5. The van der Waals surface area contributed by atoms with E-state index < -0.39 is 0 Å². The summed E-state index contributed by atoms with van der Waals surface area (Å²) in [6.07, 6.45) is 2.40. The average molecular weight is 184 g/mol. The van der Waals surface area contributed by atoms with E-state index in [-0.39, 0.29) is 5.95 Å². The molecule has 1 fully saturated rings. The molecule has 0 radical (unpaired) electrons. The molecule has 2 rings (SSSR count). The van der Waals surface area contributed by atoms with Gasteiger partial charge in [-0.3, -0.25) is 0 Å². The fraction of sp³-hybridized carbons (Fsp3) is 0.500. The van der Waals surface area contributed by atoms with Gasteiger partial charge in [0.1, 0.15) is 5.15 Å². The summed E-state index contributed by atoms with van der Waals surface area (Å²) in [4.78, 5) is 8.05. The lowest BCUT2D eigenvalue weighted by molar-refractivity contribution is 0.969. The maximum Gasteiger partial charge on any atom is 0.221 e. The lowest BCUT2D eigenvalue weighted by Crippen LogP contribution is -2.01. The van der Waals surface area contributed by atoms with Gasteiger partial charge in [-0.2, -0.15) is 0 Å². The van der Waals surface area contributed by atoms with Crippen LogP contribution in [0.2, 0.25) is 5.15 Å². The van der Waals surface area contributed by atoms with Crippen LogP contribution in [0.15, 0.2) is 0 Å². The summed E-state index contributed by atoms with van der Waals surface area (Å²) in [7, 11) is 0. The Bertz CT molecular complexity index is 320. The van der Waals surface area contributed by atoms with E-state index in [1.807, 2.05) is 6.92 Å². The Kier molecular flexibility index (Phi) is 1.68. The van der Waals surface area contributed by atoms with Gasteiger partial charge in [0, 0.05) is 11.5 Å². The first-order valence-electron chi connectivity index (χ1n) is 3.98. The average Bonchev–Trinajstić information content (AvgIpc) is 2.79. The molecule has 1 saturated carbocycles. The molecule has 0 unspecified atom stereocenters. The molecule has 0 saturated heterocycles. The summed E-state index contributed by atoms with van der Waals surface area (Å²) in [6, 6.07) is 0. The molecule has 0 aliphatic heterocycles. The topological polar surface area (TPSA) is 51.8 Å². The maximum absolute atomic E-state index is 5.86. The van der Waals surface area contributed by atoms with Crippen LogP contribution >= 0.6 is 11.6 Å². The van der Waals surface area contributed by atoms with Gasteiger partial charge >= 0.3 is 0 Å². The molecule has 1 aromatic heterocycles. The fourth-order valence-electron chi connectivity index (χ4n) is 1.28. The molecule has 0 spiro atoms. The van der Waals surface area contributed by atoms with Crippen LogP contribution in [0.1, 0.15) is 30.0 Å². The Balaban J connectivity index is 2.51. The highest BCUT2D eigenvalue weighted by Crippen LogP contribution is 2.41. The Hall–Kier alpha value is -0.830. The number of nitrogens with two attached hydrogens (primary N) is 1. The van der Waals surface area contributed by atoms with Gasteiger partial charge in [-0.05, 0) is 19.8 Å². The van der Waals surface area contributed by atoms with Crippen molar-refractivity contribution in [3.8, 4) is 0 Å². The molecule has 1 aromatic rings. The van der Waals surface area contributed by atoms with Crippen LogP contribution in [0.5, 0.6) is 0 Å². The third-order valence-electron chi connectivity index (χ3n) is 2.11. The molecule has 2 N–H and O–H groups in total. The summed E-state index contributed by atoms with van der Waals surface area (Å²) in [6.45, 7) is 1.94. The third-order valence-corrected chi connectivity index (χ3v) is 2.47. The molecule has 1 heterocycles. The fourth-order valence-corrected chi connectivity index (χ4v) is 1.46. The van der Waals surface area contributed by atoms with Gasteiger partial charge in [-0.25, -0.2) is 9.97 Å². The molecule has 12 heavy (non-hydrogen) atoms. The van der Waals surface area contributed by atoms with Crippen molar-refractivity contribution in [3.63, 3.8) is 0 Å². The molecular weight excluding hydrogens is 174 g/mol. The zero-order chi connectivity index (χ0) is 8.72. The van der Waals surface area contributed by atoms with Crippen molar-refractivity contribution in [1.82, 2.24) is 9.97 Å². The highest BCUT2D eigenvalue weighted by Gasteiger charge is 2.28. The van der Waals surface area contributed by atoms with E-state index in [1.165, 1.54) is 12.8 Å². The predicted octanol–water partition coefficient (Wildman–Crippen LogP) is 1.90. The Morgan fingerprint density at radius 1 is 1.42 bits per heavy atom. The van der Waals surface area contributed by atoms with E-state index in [9.17, 15) is 0 Å². The molecule has 0 amide bonds. The first kappa shape index (κ1) is 7.80. The predicted molar refractivity (Wildman–Crippen MR) is 48.2 cm³/mol. The molecule has 1 aliphatic rings. The highest BCUT2D eigenvalue weighted by atomic mass is 35.5. The Morgan fingerprint density at radius 2 is 2.08 bits per heavy atom. The monoisotopic (exact) mass is 183 g/mol. The van der Waals surface area contributed by atoms with E-state index in [2.05, 4.69) is 9.97 Å². The second-order valence-corrected chi connectivity index (χ2v) is 3.52. The minimum atomic E-state index is 0.285. The minimum absolute atomic E-state index is 0.285. The summed E-state index contributed by atoms with van der Waals surface area (Å²) in [5.41, 5.74) is 7.50. The number of aromatic nitrogens is 2. The molecule has 1 aliphatic carbocycles. The number of hydrogen-bond acceptors (Lipinski definition) is 3. The standard InChI is InChI=1S/C8H10ClN3/c1-4-6(5-2-3-5)11-8(10)12-7(4)9/h5H,2-3H2,1H3,(H2,10,11,12). The van der Waals surface area contributed by atoms with Gasteiger partial charge in [0.2, 0.25) is 5.95 Å². The van der Waals surface area contributed by atoms with Crippen LogP contribution in [0.25, 0.3) is 0 Å². The molecular formula is C8H10ClN3. The van der Waals surface area contributed by atoms with Crippen molar-refractivity contribution >= 4 is 17.5 Å². The van der Waals surface area contributed by atoms with Crippen LogP contribution in [0.3, 0.4) is 0 Å². The third kappa shape index (κ3) is 1.25. The quantitative estimate of drug-likeness (QED) is 0.677. The molecule has 3 nitrogen and oxygen atoms in total. The largest absolute Gasteiger partial charge is 0.368 e. The van der Waals surface area contributed by atoms with Gasteiger partial charge in [0.25, 0.3) is 0 Å².